The molecule has 1 N–H and O–H groups in total. The molecule has 1 rings (SSSR count). The van der Waals surface area contributed by atoms with E-state index in [9.17, 15) is 0 Å². The fourth-order valence-electron chi connectivity index (χ4n) is 2.21. The molecule has 0 aliphatic carbocycles. The molecular formula is C22H45N3. The van der Waals surface area contributed by atoms with Gasteiger partial charge in [-0.25, -0.2) is 4.99 Å². The Labute approximate surface area is 158 Å². The zero-order valence-electron chi connectivity index (χ0n) is 18.7. The lowest BCUT2D eigenvalue weighted by Gasteiger charge is -2.18. The fraction of sp³-hybridized carbons (Fsp3) is 0.682. The summed E-state index contributed by atoms with van der Waals surface area (Å²) in [6, 6.07) is 2.19. The van der Waals surface area contributed by atoms with Gasteiger partial charge in [0.25, 0.3) is 0 Å². The fourth-order valence-corrected chi connectivity index (χ4v) is 2.21. The molecule has 0 radical (unpaired) electrons. The Morgan fingerprint density at radius 1 is 1.16 bits per heavy atom. The lowest BCUT2D eigenvalue weighted by Crippen LogP contribution is -2.20. The molecule has 0 aliphatic heterocycles. The summed E-state index contributed by atoms with van der Waals surface area (Å²) in [6.45, 7) is 24.5. The van der Waals surface area contributed by atoms with E-state index >= 15 is 0 Å². The van der Waals surface area contributed by atoms with E-state index in [-0.39, 0.29) is 0 Å². The summed E-state index contributed by atoms with van der Waals surface area (Å²) in [6.07, 6.45) is 6.00. The Morgan fingerprint density at radius 3 is 2.12 bits per heavy atom. The quantitative estimate of drug-likeness (QED) is 0.490. The number of aliphatic imine (C=N–C) groups is 1. The van der Waals surface area contributed by atoms with Gasteiger partial charge in [-0.2, -0.15) is 0 Å². The highest BCUT2D eigenvalue weighted by molar-refractivity contribution is 5.67. The summed E-state index contributed by atoms with van der Waals surface area (Å²) < 4.78 is 0. The first-order valence-electron chi connectivity index (χ1n) is 10.2. The molecule has 0 fully saturated rings. The first-order valence-corrected chi connectivity index (χ1v) is 10.2. The second-order valence-corrected chi connectivity index (χ2v) is 4.91. The molecule has 1 unspecified atom stereocenters. The maximum absolute atomic E-state index is 4.36. The van der Waals surface area contributed by atoms with E-state index in [0.717, 1.165) is 30.9 Å². The van der Waals surface area contributed by atoms with Gasteiger partial charge in [0.15, 0.2) is 0 Å². The molecular weight excluding hydrogens is 306 g/mol. The smallest absolute Gasteiger partial charge is 0.136 e. The van der Waals surface area contributed by atoms with Gasteiger partial charge in [0, 0.05) is 23.4 Å². The van der Waals surface area contributed by atoms with Crippen molar-refractivity contribution in [2.45, 2.75) is 81.1 Å². The SMILES string of the molecule is C=Cc1cc(C(CC)CCN(C)CC)[nH]c1/N=C\C.CC.CC.CC. The zero-order chi connectivity index (χ0) is 20.3. The average Bonchev–Trinajstić information content (AvgIpc) is 3.10. The first-order chi connectivity index (χ1) is 12.2. The van der Waals surface area contributed by atoms with Gasteiger partial charge in [-0.15, -0.1) is 0 Å². The van der Waals surface area contributed by atoms with Crippen molar-refractivity contribution >= 4 is 18.1 Å². The van der Waals surface area contributed by atoms with E-state index in [2.05, 4.69) is 48.4 Å². The number of nitrogens with zero attached hydrogens (tertiary/aromatic N) is 2. The van der Waals surface area contributed by atoms with E-state index in [1.54, 1.807) is 0 Å². The van der Waals surface area contributed by atoms with E-state index in [4.69, 9.17) is 0 Å². The van der Waals surface area contributed by atoms with Gasteiger partial charge in [-0.05, 0) is 46.0 Å². The molecule has 1 heterocycles. The Kier molecular flexibility index (Phi) is 23.6. The van der Waals surface area contributed by atoms with Crippen LogP contribution in [-0.4, -0.2) is 36.2 Å². The summed E-state index contributed by atoms with van der Waals surface area (Å²) >= 11 is 0. The molecule has 1 aromatic rings. The summed E-state index contributed by atoms with van der Waals surface area (Å²) in [5.41, 5.74) is 2.37. The number of aromatic nitrogens is 1. The molecule has 0 amide bonds. The highest BCUT2D eigenvalue weighted by Crippen LogP contribution is 2.29. The van der Waals surface area contributed by atoms with Gasteiger partial charge in [-0.1, -0.05) is 68.0 Å². The summed E-state index contributed by atoms with van der Waals surface area (Å²) in [7, 11) is 2.17. The van der Waals surface area contributed by atoms with Crippen molar-refractivity contribution in [2.24, 2.45) is 4.99 Å². The van der Waals surface area contributed by atoms with Gasteiger partial charge in [0.1, 0.15) is 5.82 Å². The number of hydrogen-bond acceptors (Lipinski definition) is 2. The van der Waals surface area contributed by atoms with Crippen molar-refractivity contribution in [3.63, 3.8) is 0 Å². The van der Waals surface area contributed by atoms with Crippen LogP contribution in [0.2, 0.25) is 0 Å². The lowest BCUT2D eigenvalue weighted by atomic mass is 9.98. The maximum Gasteiger partial charge on any atom is 0.136 e. The third kappa shape index (κ3) is 11.8. The maximum atomic E-state index is 4.36. The molecule has 3 nitrogen and oxygen atoms in total. The molecule has 0 saturated carbocycles. The summed E-state index contributed by atoms with van der Waals surface area (Å²) in [5, 5.41) is 0. The van der Waals surface area contributed by atoms with Crippen molar-refractivity contribution in [1.82, 2.24) is 9.88 Å². The average molecular weight is 352 g/mol. The lowest BCUT2D eigenvalue weighted by molar-refractivity contribution is 0.331. The molecule has 148 valence electrons. The van der Waals surface area contributed by atoms with Gasteiger partial charge in [0.2, 0.25) is 0 Å². The van der Waals surface area contributed by atoms with E-state index in [1.807, 2.05) is 60.8 Å². The largest absolute Gasteiger partial charge is 0.343 e. The van der Waals surface area contributed by atoms with Gasteiger partial charge < -0.3 is 9.88 Å². The van der Waals surface area contributed by atoms with Crippen molar-refractivity contribution in [3.05, 3.63) is 23.9 Å². The number of H-pyrrole nitrogens is 1. The van der Waals surface area contributed by atoms with Crippen LogP contribution in [0, 0.1) is 0 Å². The molecule has 0 aromatic carbocycles. The Bertz CT molecular complexity index is 419. The van der Waals surface area contributed by atoms with Crippen LogP contribution in [0.25, 0.3) is 6.08 Å². The third-order valence-corrected chi connectivity index (χ3v) is 3.66. The van der Waals surface area contributed by atoms with Crippen LogP contribution in [0.3, 0.4) is 0 Å². The van der Waals surface area contributed by atoms with E-state index < -0.39 is 0 Å². The Balaban J connectivity index is -0.000000725. The van der Waals surface area contributed by atoms with Crippen LogP contribution < -0.4 is 0 Å². The second kappa shape index (κ2) is 20.7. The van der Waals surface area contributed by atoms with E-state index in [1.165, 1.54) is 12.1 Å². The number of rotatable bonds is 8. The van der Waals surface area contributed by atoms with Crippen LogP contribution >= 0.6 is 0 Å². The van der Waals surface area contributed by atoms with Crippen LogP contribution in [0.5, 0.6) is 0 Å². The molecule has 3 heteroatoms. The molecule has 1 atom stereocenters. The van der Waals surface area contributed by atoms with Crippen LogP contribution in [0.4, 0.5) is 5.82 Å². The van der Waals surface area contributed by atoms with Gasteiger partial charge in [0.05, 0.1) is 0 Å². The molecule has 0 bridgehead atoms. The Morgan fingerprint density at radius 2 is 1.72 bits per heavy atom. The highest BCUT2D eigenvalue weighted by Gasteiger charge is 2.14. The molecule has 1 aromatic heterocycles. The normalized spacial score (nSPS) is 10.8. The minimum atomic E-state index is 0.563. The molecule has 0 saturated heterocycles. The van der Waals surface area contributed by atoms with Gasteiger partial charge >= 0.3 is 0 Å². The standard InChI is InChI=1S/C16H27N3.3C2H6/c1-6-13(10-11-19(5)9-4)15-12-14(7-2)16(18-15)17-8-3;3*1-2/h7-8,12-13,18H,2,6,9-11H2,1,3-5H3;3*1-2H3/b17-8-;;;. The predicted molar refractivity (Wildman–Crippen MR) is 120 cm³/mol. The topological polar surface area (TPSA) is 31.4 Å². The summed E-state index contributed by atoms with van der Waals surface area (Å²) in [4.78, 5) is 10.2. The van der Waals surface area contributed by atoms with Crippen molar-refractivity contribution in [3.8, 4) is 0 Å². The predicted octanol–water partition coefficient (Wildman–Crippen LogP) is 7.29. The Hall–Kier alpha value is -1.35. The molecule has 25 heavy (non-hydrogen) atoms. The van der Waals surface area contributed by atoms with Gasteiger partial charge in [-0.3, -0.25) is 0 Å². The van der Waals surface area contributed by atoms with Crippen LogP contribution in [0.15, 0.2) is 17.6 Å². The minimum absolute atomic E-state index is 0.563. The van der Waals surface area contributed by atoms with Crippen molar-refractivity contribution in [1.29, 1.82) is 0 Å². The molecule has 0 aliphatic rings. The number of nitrogens with one attached hydrogen (secondary N) is 1. The summed E-state index contributed by atoms with van der Waals surface area (Å²) in [5.74, 6) is 1.49. The number of aromatic amines is 1. The minimum Gasteiger partial charge on any atom is -0.343 e. The number of hydrogen-bond donors (Lipinski definition) is 1. The second-order valence-electron chi connectivity index (χ2n) is 4.91. The monoisotopic (exact) mass is 351 g/mol. The zero-order valence-corrected chi connectivity index (χ0v) is 18.7. The third-order valence-electron chi connectivity index (χ3n) is 3.66. The molecule has 0 spiro atoms. The van der Waals surface area contributed by atoms with Crippen LogP contribution in [-0.2, 0) is 0 Å². The van der Waals surface area contributed by atoms with Crippen LogP contribution in [0.1, 0.15) is 92.3 Å². The first kappa shape index (κ1) is 28.5. The van der Waals surface area contributed by atoms with Crippen molar-refractivity contribution in [2.75, 3.05) is 20.1 Å². The van der Waals surface area contributed by atoms with E-state index in [0.29, 0.717) is 5.92 Å². The van der Waals surface area contributed by atoms with Crippen molar-refractivity contribution < 1.29 is 0 Å². The highest BCUT2D eigenvalue weighted by atomic mass is 15.1.